The predicted octanol–water partition coefficient (Wildman–Crippen LogP) is 3.44. The molecule has 2 aromatic carbocycles. The van der Waals surface area contributed by atoms with E-state index in [1.807, 2.05) is 12.1 Å². The minimum atomic E-state index is -0.989. The Morgan fingerprint density at radius 2 is 2.07 bits per heavy atom. The van der Waals surface area contributed by atoms with Gasteiger partial charge in [-0.1, -0.05) is 47.6 Å². The maximum absolute atomic E-state index is 11.8. The van der Waals surface area contributed by atoms with Crippen molar-refractivity contribution in [1.29, 1.82) is 0 Å². The summed E-state index contributed by atoms with van der Waals surface area (Å²) < 4.78 is 1.77. The molecule has 6 heteroatoms. The van der Waals surface area contributed by atoms with Gasteiger partial charge in [-0.25, -0.2) is 4.79 Å². The number of nitrogens with two attached hydrogens (primary N) is 1. The van der Waals surface area contributed by atoms with Crippen molar-refractivity contribution in [2.45, 2.75) is 19.4 Å². The van der Waals surface area contributed by atoms with Gasteiger partial charge in [0.15, 0.2) is 5.84 Å². The molecule has 0 saturated heterocycles. The number of aromatic carboxylic acids is 1. The Balaban J connectivity index is 1.89. The number of allylic oxidation sites excluding steroid dienone is 1. The fourth-order valence-corrected chi connectivity index (χ4v) is 3.67. The van der Waals surface area contributed by atoms with Crippen LogP contribution in [0, 0.1) is 0 Å². The second-order valence-corrected chi connectivity index (χ2v) is 6.61. The number of amidine groups is 1. The summed E-state index contributed by atoms with van der Waals surface area (Å²) in [4.78, 5) is 11.8. The molecule has 4 rings (SSSR count). The molecule has 1 heterocycles. The molecule has 27 heavy (non-hydrogen) atoms. The summed E-state index contributed by atoms with van der Waals surface area (Å²) in [5.74, 6) is -1.00. The van der Waals surface area contributed by atoms with Gasteiger partial charge in [0.2, 0.25) is 0 Å². The number of benzene rings is 2. The van der Waals surface area contributed by atoms with E-state index in [2.05, 4.69) is 23.4 Å². The van der Waals surface area contributed by atoms with Gasteiger partial charge in [-0.2, -0.15) is 0 Å². The van der Waals surface area contributed by atoms with E-state index in [9.17, 15) is 9.90 Å². The van der Waals surface area contributed by atoms with Gasteiger partial charge in [-0.15, -0.1) is 0 Å². The van der Waals surface area contributed by atoms with Crippen molar-refractivity contribution in [2.75, 3.05) is 0 Å². The summed E-state index contributed by atoms with van der Waals surface area (Å²) in [6.45, 7) is 0.429. The van der Waals surface area contributed by atoms with Crippen LogP contribution in [-0.2, 0) is 13.0 Å². The number of aromatic nitrogens is 1. The molecule has 6 nitrogen and oxygen atoms in total. The Hall–Kier alpha value is -3.54. The topological polar surface area (TPSA) is 101 Å². The number of carboxylic acids is 1. The lowest BCUT2D eigenvalue weighted by atomic mass is 9.93. The standard InChI is InChI=1S/C21H19N3O3/c22-20(23-27)15-9-8-14-10-19(21(25)26)24(18(14)11-15)12-16-6-3-5-13-4-1-2-7-17(13)16/h2-3,5-11,27H,1,4,12H2,(H2,22,23)(H,25,26). The Kier molecular flexibility index (Phi) is 4.16. The zero-order valence-electron chi connectivity index (χ0n) is 14.6. The molecule has 1 aromatic heterocycles. The number of carboxylic acid groups (broad SMARTS) is 1. The molecule has 0 aliphatic heterocycles. The average Bonchev–Trinajstić information content (AvgIpc) is 3.05. The van der Waals surface area contributed by atoms with Gasteiger partial charge >= 0.3 is 5.97 Å². The lowest BCUT2D eigenvalue weighted by Crippen LogP contribution is -2.14. The summed E-state index contributed by atoms with van der Waals surface area (Å²) in [6.07, 6.45) is 6.27. The number of carbonyl (C=O) groups is 1. The van der Waals surface area contributed by atoms with Crippen LogP contribution < -0.4 is 5.73 Å². The van der Waals surface area contributed by atoms with Crippen LogP contribution in [0.3, 0.4) is 0 Å². The van der Waals surface area contributed by atoms with Crippen molar-refractivity contribution in [1.82, 2.24) is 4.57 Å². The second-order valence-electron chi connectivity index (χ2n) is 6.61. The largest absolute Gasteiger partial charge is 0.477 e. The monoisotopic (exact) mass is 361 g/mol. The maximum Gasteiger partial charge on any atom is 0.352 e. The highest BCUT2D eigenvalue weighted by Gasteiger charge is 2.18. The number of hydrogen-bond donors (Lipinski definition) is 3. The third-order valence-electron chi connectivity index (χ3n) is 5.01. The van der Waals surface area contributed by atoms with Gasteiger partial charge in [0, 0.05) is 23.0 Å². The smallest absolute Gasteiger partial charge is 0.352 e. The molecule has 0 spiro atoms. The number of aryl methyl sites for hydroxylation is 1. The SMILES string of the molecule is N/C(=N\O)c1ccc2cc(C(=O)O)n(Cc3cccc4c3C=CCC4)c2c1. The average molecular weight is 361 g/mol. The van der Waals surface area contributed by atoms with E-state index in [1.54, 1.807) is 28.8 Å². The molecule has 0 atom stereocenters. The summed E-state index contributed by atoms with van der Waals surface area (Å²) >= 11 is 0. The van der Waals surface area contributed by atoms with Crippen molar-refractivity contribution < 1.29 is 15.1 Å². The maximum atomic E-state index is 11.8. The lowest BCUT2D eigenvalue weighted by molar-refractivity contribution is 0.0686. The van der Waals surface area contributed by atoms with E-state index in [4.69, 9.17) is 10.9 Å². The number of nitrogens with zero attached hydrogens (tertiary/aromatic N) is 2. The Labute approximate surface area is 155 Å². The molecule has 0 radical (unpaired) electrons. The molecule has 4 N–H and O–H groups in total. The fourth-order valence-electron chi connectivity index (χ4n) is 3.67. The van der Waals surface area contributed by atoms with E-state index in [1.165, 1.54) is 5.56 Å². The molecular formula is C21H19N3O3. The van der Waals surface area contributed by atoms with Crippen LogP contribution >= 0.6 is 0 Å². The molecule has 0 unspecified atom stereocenters. The number of hydrogen-bond acceptors (Lipinski definition) is 3. The first kappa shape index (κ1) is 16.9. The van der Waals surface area contributed by atoms with Crippen molar-refractivity contribution in [3.63, 3.8) is 0 Å². The zero-order valence-corrected chi connectivity index (χ0v) is 14.6. The molecule has 0 saturated carbocycles. The van der Waals surface area contributed by atoms with Crippen LogP contribution in [0.15, 0.2) is 53.7 Å². The van der Waals surface area contributed by atoms with Gasteiger partial charge in [-0.3, -0.25) is 0 Å². The third kappa shape index (κ3) is 2.95. The summed E-state index contributed by atoms with van der Waals surface area (Å²) in [7, 11) is 0. The molecule has 136 valence electrons. The van der Waals surface area contributed by atoms with Crippen molar-refractivity contribution in [3.8, 4) is 0 Å². The van der Waals surface area contributed by atoms with Gasteiger partial charge < -0.3 is 20.6 Å². The normalized spacial score (nSPS) is 13.7. The Morgan fingerprint density at radius 1 is 1.22 bits per heavy atom. The Morgan fingerprint density at radius 3 is 2.85 bits per heavy atom. The lowest BCUT2D eigenvalue weighted by Gasteiger charge is -2.17. The van der Waals surface area contributed by atoms with Crippen LogP contribution in [0.1, 0.15) is 39.2 Å². The van der Waals surface area contributed by atoms with Crippen LogP contribution in [0.2, 0.25) is 0 Å². The fraction of sp³-hybridized carbons (Fsp3) is 0.143. The number of rotatable bonds is 4. The number of oxime groups is 1. The quantitative estimate of drug-likeness (QED) is 0.287. The minimum Gasteiger partial charge on any atom is -0.477 e. The first-order valence-electron chi connectivity index (χ1n) is 8.70. The van der Waals surface area contributed by atoms with Crippen LogP contribution in [0.4, 0.5) is 0 Å². The van der Waals surface area contributed by atoms with Crippen LogP contribution in [0.25, 0.3) is 17.0 Å². The summed E-state index contributed by atoms with van der Waals surface area (Å²) in [5.41, 5.74) is 10.7. The van der Waals surface area contributed by atoms with E-state index in [0.29, 0.717) is 12.1 Å². The van der Waals surface area contributed by atoms with E-state index in [0.717, 1.165) is 34.9 Å². The molecule has 0 bridgehead atoms. The minimum absolute atomic E-state index is 0.0125. The zero-order chi connectivity index (χ0) is 19.0. The van der Waals surface area contributed by atoms with Crippen molar-refractivity contribution in [2.24, 2.45) is 10.9 Å². The second kappa shape index (κ2) is 6.64. The molecule has 0 fully saturated rings. The van der Waals surface area contributed by atoms with Gasteiger partial charge in [0.05, 0.1) is 0 Å². The summed E-state index contributed by atoms with van der Waals surface area (Å²) in [6, 6.07) is 13.1. The van der Waals surface area contributed by atoms with E-state index in [-0.39, 0.29) is 11.5 Å². The number of fused-ring (bicyclic) bond motifs is 2. The first-order valence-corrected chi connectivity index (χ1v) is 8.70. The van der Waals surface area contributed by atoms with Crippen molar-refractivity contribution in [3.05, 3.63) is 76.5 Å². The predicted molar refractivity (Wildman–Crippen MR) is 104 cm³/mol. The third-order valence-corrected chi connectivity index (χ3v) is 5.01. The molecule has 1 aliphatic rings. The highest BCUT2D eigenvalue weighted by atomic mass is 16.4. The van der Waals surface area contributed by atoms with Gasteiger partial charge in [0.1, 0.15) is 5.69 Å². The van der Waals surface area contributed by atoms with Crippen molar-refractivity contribution >= 4 is 28.8 Å². The van der Waals surface area contributed by atoms with Gasteiger partial charge in [0.25, 0.3) is 0 Å². The molecule has 3 aromatic rings. The van der Waals surface area contributed by atoms with E-state index >= 15 is 0 Å². The highest BCUT2D eigenvalue weighted by molar-refractivity contribution is 6.02. The first-order chi connectivity index (χ1) is 13.1. The van der Waals surface area contributed by atoms with Crippen LogP contribution in [-0.4, -0.2) is 26.7 Å². The van der Waals surface area contributed by atoms with E-state index < -0.39 is 5.97 Å². The summed E-state index contributed by atoms with van der Waals surface area (Å²) in [5, 5.41) is 22.5. The van der Waals surface area contributed by atoms with Crippen LogP contribution in [0.5, 0.6) is 0 Å². The molecule has 1 aliphatic carbocycles. The molecular weight excluding hydrogens is 342 g/mol. The van der Waals surface area contributed by atoms with Gasteiger partial charge in [-0.05, 0) is 41.7 Å². The Bertz CT molecular complexity index is 1110. The molecule has 0 amide bonds. The highest BCUT2D eigenvalue weighted by Crippen LogP contribution is 2.27.